The van der Waals surface area contributed by atoms with Crippen LogP contribution in [0.4, 0.5) is 5.82 Å². The summed E-state index contributed by atoms with van der Waals surface area (Å²) in [5.74, 6) is 0.454. The van der Waals surface area contributed by atoms with Gasteiger partial charge in [0.1, 0.15) is 5.82 Å². The molecule has 5 nitrogen and oxygen atoms in total. The smallest absolute Gasteiger partial charge is 0.232 e. The Labute approximate surface area is 81.4 Å². The molecule has 1 aliphatic rings. The summed E-state index contributed by atoms with van der Waals surface area (Å²) in [6.45, 7) is 0. The Morgan fingerprint density at radius 1 is 1.64 bits per heavy atom. The van der Waals surface area contributed by atoms with Crippen LogP contribution in [0.3, 0.4) is 0 Å². The predicted molar refractivity (Wildman–Crippen MR) is 52.4 cm³/mol. The van der Waals surface area contributed by atoms with Crippen LogP contribution in [-0.2, 0) is 4.79 Å². The molecule has 1 aliphatic carbocycles. The molecule has 1 aromatic heterocycles. The van der Waals surface area contributed by atoms with Crippen LogP contribution in [0.25, 0.3) is 0 Å². The van der Waals surface area contributed by atoms with Crippen molar-refractivity contribution < 1.29 is 4.79 Å². The van der Waals surface area contributed by atoms with E-state index in [1.807, 2.05) is 12.2 Å². The molecule has 0 radical (unpaired) electrons. The van der Waals surface area contributed by atoms with E-state index in [0.29, 0.717) is 12.2 Å². The zero-order valence-electron chi connectivity index (χ0n) is 7.60. The summed E-state index contributed by atoms with van der Waals surface area (Å²) in [4.78, 5) is 11.6. The molecular weight excluding hydrogens is 180 g/mol. The molecule has 0 saturated carbocycles. The van der Waals surface area contributed by atoms with Crippen LogP contribution >= 0.6 is 0 Å². The molecule has 1 aromatic rings. The molecule has 14 heavy (non-hydrogen) atoms. The lowest BCUT2D eigenvalue weighted by atomic mass is 10.1. The second-order valence-corrected chi connectivity index (χ2v) is 3.35. The van der Waals surface area contributed by atoms with Crippen molar-refractivity contribution in [2.45, 2.75) is 12.5 Å². The van der Waals surface area contributed by atoms with Crippen molar-refractivity contribution in [2.24, 2.45) is 11.7 Å². The average Bonchev–Trinajstić information content (AvgIpc) is 2.75. The number of H-pyrrole nitrogens is 1. The quantitative estimate of drug-likeness (QED) is 0.587. The molecule has 0 saturated heterocycles. The van der Waals surface area contributed by atoms with Gasteiger partial charge in [0, 0.05) is 12.1 Å². The van der Waals surface area contributed by atoms with Crippen molar-refractivity contribution in [3.63, 3.8) is 0 Å². The zero-order valence-corrected chi connectivity index (χ0v) is 7.60. The largest absolute Gasteiger partial charge is 0.324 e. The van der Waals surface area contributed by atoms with E-state index >= 15 is 0 Å². The minimum Gasteiger partial charge on any atom is -0.324 e. The Kier molecular flexibility index (Phi) is 2.32. The number of nitrogens with one attached hydrogen (secondary N) is 2. The van der Waals surface area contributed by atoms with Crippen LogP contribution in [0.15, 0.2) is 24.4 Å². The van der Waals surface area contributed by atoms with Gasteiger partial charge in [0.15, 0.2) is 0 Å². The topological polar surface area (TPSA) is 83.8 Å². The Balaban J connectivity index is 1.94. The van der Waals surface area contributed by atoms with E-state index in [9.17, 15) is 4.79 Å². The molecule has 0 spiro atoms. The highest BCUT2D eigenvalue weighted by Crippen LogP contribution is 2.17. The minimum atomic E-state index is -0.117. The summed E-state index contributed by atoms with van der Waals surface area (Å²) >= 11 is 0. The first-order valence-corrected chi connectivity index (χ1v) is 4.50. The second kappa shape index (κ2) is 3.63. The maximum Gasteiger partial charge on any atom is 0.232 e. The van der Waals surface area contributed by atoms with Gasteiger partial charge in [-0.25, -0.2) is 0 Å². The van der Waals surface area contributed by atoms with E-state index in [4.69, 9.17) is 5.73 Å². The third kappa shape index (κ3) is 1.82. The Morgan fingerprint density at radius 2 is 2.50 bits per heavy atom. The standard InChI is InChI=1S/C9H12N4O/c10-7-2-1-6(5-7)9(14)12-8-3-4-11-13-8/h1-4,6-7H,5,10H2,(H2,11,12,13,14). The maximum absolute atomic E-state index is 11.6. The number of rotatable bonds is 2. The summed E-state index contributed by atoms with van der Waals surface area (Å²) in [7, 11) is 0. The SMILES string of the molecule is NC1C=CC(C(=O)Nc2ccn[nH]2)C1. The molecule has 1 heterocycles. The van der Waals surface area contributed by atoms with Gasteiger partial charge < -0.3 is 11.1 Å². The highest BCUT2D eigenvalue weighted by molar-refractivity contribution is 5.93. The lowest BCUT2D eigenvalue weighted by molar-refractivity contribution is -0.118. The molecule has 74 valence electrons. The van der Waals surface area contributed by atoms with Gasteiger partial charge >= 0.3 is 0 Å². The van der Waals surface area contributed by atoms with Crippen molar-refractivity contribution in [1.82, 2.24) is 10.2 Å². The Morgan fingerprint density at radius 3 is 3.07 bits per heavy atom. The summed E-state index contributed by atoms with van der Waals surface area (Å²) in [6, 6.07) is 1.71. The van der Waals surface area contributed by atoms with Gasteiger partial charge in [-0.3, -0.25) is 9.89 Å². The molecule has 0 fully saturated rings. The molecule has 2 unspecified atom stereocenters. The van der Waals surface area contributed by atoms with Crippen molar-refractivity contribution in [1.29, 1.82) is 0 Å². The van der Waals surface area contributed by atoms with E-state index in [0.717, 1.165) is 0 Å². The van der Waals surface area contributed by atoms with E-state index < -0.39 is 0 Å². The number of hydrogen-bond donors (Lipinski definition) is 3. The molecule has 5 heteroatoms. The van der Waals surface area contributed by atoms with Crippen molar-refractivity contribution in [3.05, 3.63) is 24.4 Å². The fourth-order valence-electron chi connectivity index (χ4n) is 1.47. The normalized spacial score (nSPS) is 25.2. The van der Waals surface area contributed by atoms with E-state index in [2.05, 4.69) is 15.5 Å². The third-order valence-corrected chi connectivity index (χ3v) is 2.21. The van der Waals surface area contributed by atoms with Gasteiger partial charge in [-0.15, -0.1) is 0 Å². The van der Waals surface area contributed by atoms with E-state index in [1.54, 1.807) is 12.3 Å². The number of nitrogens with zero attached hydrogens (tertiary/aromatic N) is 1. The molecule has 0 aromatic carbocycles. The average molecular weight is 192 g/mol. The number of amides is 1. The van der Waals surface area contributed by atoms with Crippen LogP contribution in [0, 0.1) is 5.92 Å². The van der Waals surface area contributed by atoms with Gasteiger partial charge in [-0.05, 0) is 6.42 Å². The zero-order chi connectivity index (χ0) is 9.97. The van der Waals surface area contributed by atoms with Crippen LogP contribution in [0.2, 0.25) is 0 Å². The number of hydrogen-bond acceptors (Lipinski definition) is 3. The third-order valence-electron chi connectivity index (χ3n) is 2.21. The summed E-state index contributed by atoms with van der Waals surface area (Å²) in [5.41, 5.74) is 5.65. The summed E-state index contributed by atoms with van der Waals surface area (Å²) in [6.07, 6.45) is 5.97. The summed E-state index contributed by atoms with van der Waals surface area (Å²) < 4.78 is 0. The van der Waals surface area contributed by atoms with Gasteiger partial charge in [0.05, 0.1) is 12.1 Å². The Hall–Kier alpha value is -1.62. The van der Waals surface area contributed by atoms with E-state index in [-0.39, 0.29) is 17.9 Å². The van der Waals surface area contributed by atoms with E-state index in [1.165, 1.54) is 0 Å². The predicted octanol–water partition coefficient (Wildman–Crippen LogP) is 0.252. The number of carbonyl (C=O) groups is 1. The number of anilines is 1. The number of aromatic amines is 1. The maximum atomic E-state index is 11.6. The Bertz CT molecular complexity index is 344. The summed E-state index contributed by atoms with van der Waals surface area (Å²) in [5, 5.41) is 9.12. The van der Waals surface area contributed by atoms with Crippen LogP contribution in [0.5, 0.6) is 0 Å². The number of carbonyl (C=O) groups excluding carboxylic acids is 1. The van der Waals surface area contributed by atoms with Crippen LogP contribution in [-0.4, -0.2) is 22.1 Å². The monoisotopic (exact) mass is 192 g/mol. The first-order chi connectivity index (χ1) is 6.75. The van der Waals surface area contributed by atoms with Crippen molar-refractivity contribution >= 4 is 11.7 Å². The molecular formula is C9H12N4O. The molecule has 2 rings (SSSR count). The van der Waals surface area contributed by atoms with Crippen molar-refractivity contribution in [3.8, 4) is 0 Å². The van der Waals surface area contributed by atoms with Gasteiger partial charge in [-0.1, -0.05) is 12.2 Å². The number of nitrogens with two attached hydrogens (primary N) is 1. The second-order valence-electron chi connectivity index (χ2n) is 3.35. The first kappa shape index (κ1) is 8.96. The fraction of sp³-hybridized carbons (Fsp3) is 0.333. The molecule has 0 bridgehead atoms. The van der Waals surface area contributed by atoms with Gasteiger partial charge in [0.25, 0.3) is 0 Å². The van der Waals surface area contributed by atoms with Crippen LogP contribution < -0.4 is 11.1 Å². The molecule has 4 N–H and O–H groups in total. The minimum absolute atomic E-state index is 0.00696. The van der Waals surface area contributed by atoms with Crippen LogP contribution in [0.1, 0.15) is 6.42 Å². The molecule has 0 aliphatic heterocycles. The molecule has 1 amide bonds. The highest BCUT2D eigenvalue weighted by Gasteiger charge is 2.22. The first-order valence-electron chi connectivity index (χ1n) is 4.50. The van der Waals surface area contributed by atoms with Gasteiger partial charge in [0.2, 0.25) is 5.91 Å². The van der Waals surface area contributed by atoms with Crippen molar-refractivity contribution in [2.75, 3.05) is 5.32 Å². The fourth-order valence-corrected chi connectivity index (χ4v) is 1.47. The lowest BCUT2D eigenvalue weighted by Crippen LogP contribution is -2.24. The molecule has 2 atom stereocenters. The number of aromatic nitrogens is 2. The van der Waals surface area contributed by atoms with Gasteiger partial charge in [-0.2, -0.15) is 5.10 Å². The highest BCUT2D eigenvalue weighted by atomic mass is 16.1. The lowest BCUT2D eigenvalue weighted by Gasteiger charge is -2.08.